The highest BCUT2D eigenvalue weighted by Crippen LogP contribution is 2.24. The van der Waals surface area contributed by atoms with Gasteiger partial charge in [-0.15, -0.1) is 0 Å². The molecule has 1 aromatic carbocycles. The number of amides is 2. The molecule has 0 saturated carbocycles. The standard InChI is InChI=1S/C14H15BrN2O4/c1-2-21-13(19)5-6-17-8-12(18)16-11-4-3-9(15)7-10(11)14(17)20/h3-4,7H,2,5-6,8H2,1H3,(H,16,18). The quantitative estimate of drug-likeness (QED) is 0.836. The van der Waals surface area contributed by atoms with Crippen LogP contribution in [0.1, 0.15) is 23.7 Å². The smallest absolute Gasteiger partial charge is 0.307 e. The zero-order chi connectivity index (χ0) is 15.4. The number of fused-ring (bicyclic) bond motifs is 1. The van der Waals surface area contributed by atoms with Crippen LogP contribution >= 0.6 is 15.9 Å². The highest BCUT2D eigenvalue weighted by atomic mass is 79.9. The van der Waals surface area contributed by atoms with Crippen molar-refractivity contribution in [1.29, 1.82) is 0 Å². The maximum Gasteiger partial charge on any atom is 0.307 e. The van der Waals surface area contributed by atoms with Crippen LogP contribution in [0.25, 0.3) is 0 Å². The Labute approximate surface area is 130 Å². The summed E-state index contributed by atoms with van der Waals surface area (Å²) in [6, 6.07) is 5.07. The van der Waals surface area contributed by atoms with Crippen LogP contribution in [0.5, 0.6) is 0 Å². The van der Waals surface area contributed by atoms with Gasteiger partial charge in [-0.1, -0.05) is 15.9 Å². The Kier molecular flexibility index (Phi) is 4.95. The summed E-state index contributed by atoms with van der Waals surface area (Å²) in [6.45, 7) is 2.08. The lowest BCUT2D eigenvalue weighted by molar-refractivity contribution is -0.143. The van der Waals surface area contributed by atoms with Crippen LogP contribution < -0.4 is 5.32 Å². The molecule has 0 spiro atoms. The van der Waals surface area contributed by atoms with Gasteiger partial charge in [0.2, 0.25) is 5.91 Å². The lowest BCUT2D eigenvalue weighted by Crippen LogP contribution is -2.36. The van der Waals surface area contributed by atoms with Gasteiger partial charge in [0.25, 0.3) is 5.91 Å². The van der Waals surface area contributed by atoms with Gasteiger partial charge >= 0.3 is 5.97 Å². The number of halogens is 1. The summed E-state index contributed by atoms with van der Waals surface area (Å²) in [4.78, 5) is 37.0. The molecule has 2 amide bonds. The molecule has 0 aromatic heterocycles. The third kappa shape index (κ3) is 3.81. The summed E-state index contributed by atoms with van der Waals surface area (Å²) < 4.78 is 5.58. The zero-order valence-corrected chi connectivity index (χ0v) is 13.1. The first-order valence-corrected chi connectivity index (χ1v) is 7.35. The lowest BCUT2D eigenvalue weighted by Gasteiger charge is -2.19. The van der Waals surface area contributed by atoms with Gasteiger partial charge in [0.1, 0.15) is 6.54 Å². The molecule has 0 atom stereocenters. The fourth-order valence-corrected chi connectivity index (χ4v) is 2.41. The van der Waals surface area contributed by atoms with Crippen molar-refractivity contribution in [3.8, 4) is 0 Å². The molecular weight excluding hydrogens is 340 g/mol. The summed E-state index contributed by atoms with van der Waals surface area (Å²) in [6.07, 6.45) is 0.0657. The number of nitrogens with zero attached hydrogens (tertiary/aromatic N) is 1. The van der Waals surface area contributed by atoms with E-state index < -0.39 is 0 Å². The minimum atomic E-state index is -0.385. The van der Waals surface area contributed by atoms with E-state index in [1.807, 2.05) is 0 Å². The van der Waals surface area contributed by atoms with Crippen molar-refractivity contribution in [2.75, 3.05) is 25.0 Å². The number of carbonyl (C=O) groups is 3. The largest absolute Gasteiger partial charge is 0.466 e. The Bertz CT molecular complexity index is 588. The average molecular weight is 355 g/mol. The number of carbonyl (C=O) groups excluding carboxylic acids is 3. The molecule has 0 radical (unpaired) electrons. The molecule has 0 saturated heterocycles. The van der Waals surface area contributed by atoms with E-state index in [1.54, 1.807) is 25.1 Å². The molecule has 1 N–H and O–H groups in total. The molecule has 7 heteroatoms. The number of rotatable bonds is 4. The molecule has 1 aliphatic rings. The number of benzene rings is 1. The molecule has 0 bridgehead atoms. The van der Waals surface area contributed by atoms with E-state index in [1.165, 1.54) is 4.90 Å². The lowest BCUT2D eigenvalue weighted by atomic mass is 10.1. The van der Waals surface area contributed by atoms with E-state index >= 15 is 0 Å². The Morgan fingerprint density at radius 2 is 2.19 bits per heavy atom. The Balaban J connectivity index is 2.17. The fourth-order valence-electron chi connectivity index (χ4n) is 2.05. The average Bonchev–Trinajstić information content (AvgIpc) is 2.55. The second kappa shape index (κ2) is 6.71. The minimum Gasteiger partial charge on any atom is -0.466 e. The first-order valence-electron chi connectivity index (χ1n) is 6.55. The molecule has 112 valence electrons. The van der Waals surface area contributed by atoms with Crippen LogP contribution in [0.4, 0.5) is 5.69 Å². The zero-order valence-electron chi connectivity index (χ0n) is 11.5. The van der Waals surface area contributed by atoms with E-state index in [9.17, 15) is 14.4 Å². The van der Waals surface area contributed by atoms with E-state index in [2.05, 4.69) is 21.2 Å². The van der Waals surface area contributed by atoms with Gasteiger partial charge in [-0.25, -0.2) is 0 Å². The van der Waals surface area contributed by atoms with Crippen molar-refractivity contribution < 1.29 is 19.1 Å². The van der Waals surface area contributed by atoms with E-state index in [0.717, 1.165) is 4.47 Å². The van der Waals surface area contributed by atoms with E-state index in [0.29, 0.717) is 17.9 Å². The number of hydrogen-bond donors (Lipinski definition) is 1. The number of nitrogens with one attached hydrogen (secondary N) is 1. The van der Waals surface area contributed by atoms with Crippen LogP contribution in [-0.4, -0.2) is 42.4 Å². The van der Waals surface area contributed by atoms with Crippen molar-refractivity contribution in [1.82, 2.24) is 4.90 Å². The summed E-state index contributed by atoms with van der Waals surface area (Å²) in [5.74, 6) is -0.952. The van der Waals surface area contributed by atoms with Crippen LogP contribution in [0.15, 0.2) is 22.7 Å². The number of ether oxygens (including phenoxy) is 1. The van der Waals surface area contributed by atoms with Crippen LogP contribution in [0, 0.1) is 0 Å². The van der Waals surface area contributed by atoms with Crippen LogP contribution in [0.2, 0.25) is 0 Å². The van der Waals surface area contributed by atoms with Crippen LogP contribution in [-0.2, 0) is 14.3 Å². The van der Waals surface area contributed by atoms with Crippen molar-refractivity contribution in [2.24, 2.45) is 0 Å². The van der Waals surface area contributed by atoms with Gasteiger partial charge in [0, 0.05) is 11.0 Å². The summed E-state index contributed by atoms with van der Waals surface area (Å²) in [5.41, 5.74) is 0.880. The Hall–Kier alpha value is -1.89. The van der Waals surface area contributed by atoms with Crippen molar-refractivity contribution >= 4 is 39.4 Å². The number of anilines is 1. The number of esters is 1. The summed E-state index contributed by atoms with van der Waals surface area (Å²) in [5, 5.41) is 2.68. The predicted octanol–water partition coefficient (Wildman–Crippen LogP) is 1.80. The normalized spacial score (nSPS) is 14.3. The fraction of sp³-hybridized carbons (Fsp3) is 0.357. The Morgan fingerprint density at radius 1 is 1.43 bits per heavy atom. The van der Waals surface area contributed by atoms with Gasteiger partial charge in [-0.2, -0.15) is 0 Å². The molecule has 1 aliphatic heterocycles. The first kappa shape index (κ1) is 15.5. The van der Waals surface area contributed by atoms with E-state index in [4.69, 9.17) is 4.74 Å². The second-order valence-corrected chi connectivity index (χ2v) is 5.44. The van der Waals surface area contributed by atoms with Gasteiger partial charge < -0.3 is 15.0 Å². The maximum absolute atomic E-state index is 12.5. The third-order valence-corrected chi connectivity index (χ3v) is 3.49. The summed E-state index contributed by atoms with van der Waals surface area (Å²) >= 11 is 3.30. The van der Waals surface area contributed by atoms with Crippen molar-refractivity contribution in [3.63, 3.8) is 0 Å². The topological polar surface area (TPSA) is 75.7 Å². The predicted molar refractivity (Wildman–Crippen MR) is 79.9 cm³/mol. The molecule has 0 unspecified atom stereocenters. The van der Waals surface area contributed by atoms with Crippen molar-refractivity contribution in [2.45, 2.75) is 13.3 Å². The van der Waals surface area contributed by atoms with Gasteiger partial charge in [-0.3, -0.25) is 14.4 Å². The Morgan fingerprint density at radius 3 is 2.90 bits per heavy atom. The summed E-state index contributed by atoms with van der Waals surface area (Å²) in [7, 11) is 0. The first-order chi connectivity index (χ1) is 10.0. The molecule has 6 nitrogen and oxygen atoms in total. The van der Waals surface area contributed by atoms with Crippen molar-refractivity contribution in [3.05, 3.63) is 28.2 Å². The number of hydrogen-bond acceptors (Lipinski definition) is 4. The molecule has 2 rings (SSSR count). The SMILES string of the molecule is CCOC(=O)CCN1CC(=O)Nc2ccc(Br)cc2C1=O. The highest BCUT2D eigenvalue weighted by molar-refractivity contribution is 9.10. The molecule has 1 aromatic rings. The maximum atomic E-state index is 12.5. The van der Waals surface area contributed by atoms with Gasteiger partial charge in [0.15, 0.2) is 0 Å². The molecule has 0 fully saturated rings. The minimum absolute atomic E-state index is 0.0657. The third-order valence-electron chi connectivity index (χ3n) is 3.00. The molecule has 21 heavy (non-hydrogen) atoms. The van der Waals surface area contributed by atoms with E-state index in [-0.39, 0.29) is 37.3 Å². The molecular formula is C14H15BrN2O4. The second-order valence-electron chi connectivity index (χ2n) is 4.52. The highest BCUT2D eigenvalue weighted by Gasteiger charge is 2.26. The van der Waals surface area contributed by atoms with Gasteiger partial charge in [-0.05, 0) is 25.1 Å². The molecule has 1 heterocycles. The van der Waals surface area contributed by atoms with Gasteiger partial charge in [0.05, 0.1) is 24.3 Å². The van der Waals surface area contributed by atoms with Crippen LogP contribution in [0.3, 0.4) is 0 Å². The monoisotopic (exact) mass is 354 g/mol. The molecule has 0 aliphatic carbocycles.